The third-order valence-electron chi connectivity index (χ3n) is 3.27. The highest BCUT2D eigenvalue weighted by Gasteiger charge is 2.36. The standard InChI is InChI=1S/C12H14N4O2S/c1-8-6-9-7-10(13)2-3-11(9)16(8)19(17,18)12-4-5-14-15-12/h2-5,7-8H,6,13H2,1H3,(H,14,15). The molecule has 0 bridgehead atoms. The van der Waals surface area contributed by atoms with Crippen LogP contribution in [0, 0.1) is 0 Å². The Morgan fingerprint density at radius 3 is 2.89 bits per heavy atom. The Labute approximate surface area is 111 Å². The number of aromatic nitrogens is 2. The fourth-order valence-electron chi connectivity index (χ4n) is 2.48. The summed E-state index contributed by atoms with van der Waals surface area (Å²) in [6.07, 6.45) is 2.09. The van der Waals surface area contributed by atoms with Crippen LogP contribution < -0.4 is 10.0 Å². The van der Waals surface area contributed by atoms with Crippen LogP contribution in [0.5, 0.6) is 0 Å². The minimum atomic E-state index is -3.60. The molecule has 19 heavy (non-hydrogen) atoms. The summed E-state index contributed by atoms with van der Waals surface area (Å²) in [5, 5.41) is 6.32. The molecule has 1 aromatic heterocycles. The van der Waals surface area contributed by atoms with Gasteiger partial charge in [0.1, 0.15) is 0 Å². The lowest BCUT2D eigenvalue weighted by Gasteiger charge is -2.23. The molecular formula is C12H14N4O2S. The van der Waals surface area contributed by atoms with Crippen molar-refractivity contribution in [3.8, 4) is 0 Å². The molecule has 3 rings (SSSR count). The average molecular weight is 278 g/mol. The maximum Gasteiger partial charge on any atom is 0.281 e. The zero-order chi connectivity index (χ0) is 13.6. The Bertz CT molecular complexity index is 709. The number of benzene rings is 1. The number of aromatic amines is 1. The number of rotatable bonds is 2. The summed E-state index contributed by atoms with van der Waals surface area (Å²) >= 11 is 0. The number of nitrogens with zero attached hydrogens (tertiary/aromatic N) is 2. The molecule has 0 saturated heterocycles. The SMILES string of the molecule is CC1Cc2cc(N)ccc2N1S(=O)(=O)c1ccn[nH]1. The van der Waals surface area contributed by atoms with Gasteiger partial charge in [0.05, 0.1) is 11.9 Å². The minimum Gasteiger partial charge on any atom is -0.399 e. The van der Waals surface area contributed by atoms with Crippen molar-refractivity contribution < 1.29 is 8.42 Å². The van der Waals surface area contributed by atoms with E-state index in [1.165, 1.54) is 16.6 Å². The van der Waals surface area contributed by atoms with Crippen LogP contribution in [0.25, 0.3) is 0 Å². The second-order valence-corrected chi connectivity index (χ2v) is 6.45. The summed E-state index contributed by atoms with van der Waals surface area (Å²) in [5.74, 6) is 0. The van der Waals surface area contributed by atoms with Crippen LogP contribution in [0.4, 0.5) is 11.4 Å². The quantitative estimate of drug-likeness (QED) is 0.805. The van der Waals surface area contributed by atoms with E-state index in [2.05, 4.69) is 10.2 Å². The molecule has 7 heteroatoms. The number of H-pyrrole nitrogens is 1. The highest BCUT2D eigenvalue weighted by atomic mass is 32.2. The van der Waals surface area contributed by atoms with Crippen molar-refractivity contribution in [2.75, 3.05) is 10.0 Å². The zero-order valence-electron chi connectivity index (χ0n) is 10.4. The monoisotopic (exact) mass is 278 g/mol. The van der Waals surface area contributed by atoms with Crippen LogP contribution in [0.3, 0.4) is 0 Å². The number of nitrogens with two attached hydrogens (primary N) is 1. The highest BCUT2D eigenvalue weighted by Crippen LogP contribution is 2.37. The first-order valence-electron chi connectivity index (χ1n) is 5.92. The molecule has 0 amide bonds. The van der Waals surface area contributed by atoms with Crippen LogP contribution in [0.15, 0.2) is 35.5 Å². The van der Waals surface area contributed by atoms with Gasteiger partial charge in [-0.05, 0) is 43.2 Å². The summed E-state index contributed by atoms with van der Waals surface area (Å²) in [4.78, 5) is 0. The number of hydrogen-bond acceptors (Lipinski definition) is 4. The lowest BCUT2D eigenvalue weighted by Crippen LogP contribution is -2.35. The summed E-state index contributed by atoms with van der Waals surface area (Å²) in [6, 6.07) is 6.62. The summed E-state index contributed by atoms with van der Waals surface area (Å²) in [7, 11) is -3.60. The van der Waals surface area contributed by atoms with Gasteiger partial charge in [-0.1, -0.05) is 0 Å². The molecule has 2 heterocycles. The van der Waals surface area contributed by atoms with Crippen molar-refractivity contribution >= 4 is 21.4 Å². The van der Waals surface area contributed by atoms with E-state index >= 15 is 0 Å². The molecular weight excluding hydrogens is 264 g/mol. The molecule has 1 aromatic carbocycles. The Kier molecular flexibility index (Phi) is 2.53. The van der Waals surface area contributed by atoms with Gasteiger partial charge in [0, 0.05) is 11.7 Å². The van der Waals surface area contributed by atoms with Gasteiger partial charge in [-0.2, -0.15) is 13.5 Å². The van der Waals surface area contributed by atoms with Crippen molar-refractivity contribution in [2.24, 2.45) is 0 Å². The van der Waals surface area contributed by atoms with E-state index in [1.54, 1.807) is 12.1 Å². The largest absolute Gasteiger partial charge is 0.399 e. The molecule has 0 radical (unpaired) electrons. The third-order valence-corrected chi connectivity index (χ3v) is 5.13. The number of nitrogen functional groups attached to an aromatic ring is 1. The van der Waals surface area contributed by atoms with Crippen molar-refractivity contribution in [3.63, 3.8) is 0 Å². The molecule has 1 unspecified atom stereocenters. The molecule has 0 spiro atoms. The second kappa shape index (κ2) is 3.99. The van der Waals surface area contributed by atoms with Gasteiger partial charge in [0.2, 0.25) is 0 Å². The minimum absolute atomic E-state index is 0.101. The van der Waals surface area contributed by atoms with Gasteiger partial charge in [0.25, 0.3) is 10.0 Å². The van der Waals surface area contributed by atoms with Crippen LogP contribution in [0.2, 0.25) is 0 Å². The van der Waals surface area contributed by atoms with Gasteiger partial charge >= 0.3 is 0 Å². The number of hydrogen-bond donors (Lipinski definition) is 2. The Hall–Kier alpha value is -2.02. The lowest BCUT2D eigenvalue weighted by molar-refractivity contribution is 0.580. The summed E-state index contributed by atoms with van der Waals surface area (Å²) in [5.41, 5.74) is 8.03. The Balaban J connectivity index is 2.13. The molecule has 1 aliphatic heterocycles. The van der Waals surface area contributed by atoms with Crippen molar-refractivity contribution in [3.05, 3.63) is 36.0 Å². The van der Waals surface area contributed by atoms with Crippen LogP contribution in [-0.2, 0) is 16.4 Å². The molecule has 0 aliphatic carbocycles. The molecule has 100 valence electrons. The average Bonchev–Trinajstić information content (AvgIpc) is 2.94. The normalized spacial score (nSPS) is 18.6. The van der Waals surface area contributed by atoms with Crippen LogP contribution >= 0.6 is 0 Å². The smallest absolute Gasteiger partial charge is 0.281 e. The number of anilines is 2. The van der Waals surface area contributed by atoms with Crippen molar-refractivity contribution in [1.29, 1.82) is 0 Å². The second-order valence-electron chi connectivity index (χ2n) is 4.66. The summed E-state index contributed by atoms with van der Waals surface area (Å²) in [6.45, 7) is 1.88. The molecule has 0 saturated carbocycles. The van der Waals surface area contributed by atoms with Crippen LogP contribution in [0.1, 0.15) is 12.5 Å². The molecule has 2 aromatic rings. The molecule has 1 aliphatic rings. The Morgan fingerprint density at radius 1 is 1.42 bits per heavy atom. The molecule has 1 atom stereocenters. The van der Waals surface area contributed by atoms with Gasteiger partial charge in [-0.15, -0.1) is 0 Å². The fourth-order valence-corrected chi connectivity index (χ4v) is 4.08. The lowest BCUT2D eigenvalue weighted by atomic mass is 10.1. The van der Waals surface area contributed by atoms with Crippen LogP contribution in [-0.4, -0.2) is 24.7 Å². The zero-order valence-corrected chi connectivity index (χ0v) is 11.2. The number of fused-ring (bicyclic) bond motifs is 1. The Morgan fingerprint density at radius 2 is 2.21 bits per heavy atom. The first-order chi connectivity index (χ1) is 9.00. The molecule has 3 N–H and O–H groups in total. The van der Waals surface area contributed by atoms with Gasteiger partial charge in [0.15, 0.2) is 5.03 Å². The van der Waals surface area contributed by atoms with E-state index in [1.807, 2.05) is 13.0 Å². The first-order valence-corrected chi connectivity index (χ1v) is 7.36. The van der Waals surface area contributed by atoms with E-state index in [0.717, 1.165) is 5.56 Å². The molecule has 0 fully saturated rings. The fraction of sp³-hybridized carbons (Fsp3) is 0.250. The number of sulfonamides is 1. The van der Waals surface area contributed by atoms with Gasteiger partial charge < -0.3 is 5.73 Å². The molecule has 6 nitrogen and oxygen atoms in total. The predicted molar refractivity (Wildman–Crippen MR) is 72.3 cm³/mol. The first kappa shape index (κ1) is 12.0. The van der Waals surface area contributed by atoms with Gasteiger partial charge in [-0.3, -0.25) is 9.40 Å². The predicted octanol–water partition coefficient (Wildman–Crippen LogP) is 1.13. The van der Waals surface area contributed by atoms with Gasteiger partial charge in [-0.25, -0.2) is 0 Å². The van der Waals surface area contributed by atoms with E-state index in [0.29, 0.717) is 17.8 Å². The van der Waals surface area contributed by atoms with Crippen molar-refractivity contribution in [2.45, 2.75) is 24.4 Å². The number of nitrogens with one attached hydrogen (secondary N) is 1. The van der Waals surface area contributed by atoms with E-state index < -0.39 is 10.0 Å². The third kappa shape index (κ3) is 1.77. The van der Waals surface area contributed by atoms with Crippen molar-refractivity contribution in [1.82, 2.24) is 10.2 Å². The van der Waals surface area contributed by atoms with E-state index in [9.17, 15) is 8.42 Å². The van der Waals surface area contributed by atoms with E-state index in [-0.39, 0.29) is 11.1 Å². The van der Waals surface area contributed by atoms with E-state index in [4.69, 9.17) is 5.73 Å². The maximum absolute atomic E-state index is 12.6. The maximum atomic E-state index is 12.6. The topological polar surface area (TPSA) is 92.1 Å². The highest BCUT2D eigenvalue weighted by molar-refractivity contribution is 7.92. The summed E-state index contributed by atoms with van der Waals surface area (Å²) < 4.78 is 26.6.